The average Bonchev–Trinajstić information content (AvgIpc) is 2.11. The first kappa shape index (κ1) is 5.36. The monoisotopic (exact) mass is 91.0 g/mol. The minimum absolute atomic E-state index is 1.00. The molecule has 0 saturated carbocycles. The van der Waals surface area contributed by atoms with E-state index >= 15 is 0 Å². The van der Waals surface area contributed by atoms with Crippen molar-refractivity contribution in [1.82, 2.24) is 0 Å². The topological polar surface area (TPSA) is 62.2 Å². The molecule has 4 heteroatoms. The van der Waals surface area contributed by atoms with Crippen LogP contribution in [0.3, 0.4) is 0 Å². The fourth-order valence-corrected chi connectivity index (χ4v) is 0. The molecule has 36 valence electrons. The van der Waals surface area contributed by atoms with Gasteiger partial charge in [0.05, 0.1) is 13.2 Å². The van der Waals surface area contributed by atoms with Gasteiger partial charge >= 0.3 is 0 Å². The van der Waals surface area contributed by atoms with Crippen molar-refractivity contribution < 1.29 is 9.94 Å². The summed E-state index contributed by atoms with van der Waals surface area (Å²) in [6.07, 6.45) is 0. The average molecular weight is 91.1 g/mol. The van der Waals surface area contributed by atoms with Gasteiger partial charge < -0.3 is 9.94 Å². The van der Waals surface area contributed by atoms with Crippen molar-refractivity contribution in [2.45, 2.75) is 0 Å². The van der Waals surface area contributed by atoms with Crippen LogP contribution in [0, 0.1) is 4.91 Å². The van der Waals surface area contributed by atoms with Crippen molar-refractivity contribution in [3.63, 3.8) is 0 Å². The predicted octanol–water partition coefficient (Wildman–Crippen LogP) is 0.159. The molecule has 0 bridgehead atoms. The predicted molar refractivity (Wildman–Crippen MR) is 18.4 cm³/mol. The Kier molecular flexibility index (Phi) is 3.89. The van der Waals surface area contributed by atoms with Gasteiger partial charge in [0.2, 0.25) is 0 Å². The van der Waals surface area contributed by atoms with Crippen LogP contribution in [0.15, 0.2) is 5.34 Å². The van der Waals surface area contributed by atoms with Crippen LogP contribution in [0.25, 0.3) is 0 Å². The van der Waals surface area contributed by atoms with Gasteiger partial charge in [0.1, 0.15) is 0 Å². The maximum Gasteiger partial charge on any atom is 0.152 e. The van der Waals surface area contributed by atoms with Crippen molar-refractivity contribution in [1.29, 1.82) is 0 Å². The van der Waals surface area contributed by atoms with Crippen molar-refractivity contribution >= 4 is 0 Å². The molecule has 6 heavy (non-hydrogen) atoms. The second-order valence-electron chi connectivity index (χ2n) is 0.694. The molecular formula is C2H5NO3. The molecule has 1 saturated heterocycles. The van der Waals surface area contributed by atoms with Crippen LogP contribution in [0.5, 0.6) is 0 Å². The van der Waals surface area contributed by atoms with E-state index in [-0.39, 0.29) is 0 Å². The van der Waals surface area contributed by atoms with Gasteiger partial charge in [-0.15, -0.1) is 4.91 Å². The second kappa shape index (κ2) is 4.36. The number of ether oxygens (including phenoxy) is 1. The second-order valence-corrected chi connectivity index (χ2v) is 0.694. The number of hydrogen-bond donors (Lipinski definition) is 1. The van der Waals surface area contributed by atoms with Gasteiger partial charge in [0.25, 0.3) is 0 Å². The van der Waals surface area contributed by atoms with Gasteiger partial charge in [-0.1, -0.05) is 0 Å². The van der Waals surface area contributed by atoms with Gasteiger partial charge in [-0.05, 0) is 0 Å². The normalized spacial score (nSPS) is 14.0. The molecule has 4 nitrogen and oxygen atoms in total. The Labute approximate surface area is 34.7 Å². The van der Waals surface area contributed by atoms with Gasteiger partial charge in [-0.2, -0.15) is 0 Å². The summed E-state index contributed by atoms with van der Waals surface area (Å²) in [7, 11) is 0. The Balaban J connectivity index is 0.0000000833. The molecule has 1 aliphatic heterocycles. The highest BCUT2D eigenvalue weighted by Crippen LogP contribution is 1.84. The minimum Gasteiger partial charge on any atom is -0.379 e. The van der Waals surface area contributed by atoms with Crippen LogP contribution in [0.4, 0.5) is 0 Å². The lowest BCUT2D eigenvalue weighted by atomic mass is 11.0. The third-order valence-corrected chi connectivity index (χ3v) is 0.204. The molecule has 0 unspecified atom stereocenters. The van der Waals surface area contributed by atoms with E-state index in [9.17, 15) is 0 Å². The van der Waals surface area contributed by atoms with Crippen LogP contribution in [-0.4, -0.2) is 18.4 Å². The lowest BCUT2D eigenvalue weighted by Crippen LogP contribution is -1.25. The Morgan fingerprint density at radius 3 is 1.83 bits per heavy atom. The van der Waals surface area contributed by atoms with E-state index < -0.39 is 0 Å². The van der Waals surface area contributed by atoms with Crippen LogP contribution >= 0.6 is 0 Å². The van der Waals surface area contributed by atoms with Crippen molar-refractivity contribution in [2.75, 3.05) is 13.2 Å². The molecule has 0 radical (unpaired) electrons. The first-order valence-electron chi connectivity index (χ1n) is 1.46. The summed E-state index contributed by atoms with van der Waals surface area (Å²) in [6, 6.07) is 0. The molecule has 0 aromatic rings. The van der Waals surface area contributed by atoms with Crippen LogP contribution in [-0.2, 0) is 4.74 Å². The number of rotatable bonds is 0. The zero-order valence-corrected chi connectivity index (χ0v) is 3.13. The highest BCUT2D eigenvalue weighted by molar-refractivity contribution is 4.36. The van der Waals surface area contributed by atoms with Gasteiger partial charge in [0, 0.05) is 0 Å². The van der Waals surface area contributed by atoms with Gasteiger partial charge in [-0.25, -0.2) is 0 Å². The number of hydrogen-bond acceptors (Lipinski definition) is 3. The Morgan fingerprint density at radius 1 is 1.67 bits per heavy atom. The first-order valence-corrected chi connectivity index (χ1v) is 1.46. The van der Waals surface area contributed by atoms with Crippen LogP contribution in [0.1, 0.15) is 0 Å². The summed E-state index contributed by atoms with van der Waals surface area (Å²) in [5.74, 6) is 0. The molecule has 1 fully saturated rings. The highest BCUT2D eigenvalue weighted by atomic mass is 16.6. The van der Waals surface area contributed by atoms with E-state index in [2.05, 4.69) is 4.74 Å². The fraction of sp³-hybridized carbons (Fsp3) is 1.00. The minimum atomic E-state index is 1.00. The zero-order chi connectivity index (χ0) is 4.83. The molecule has 0 aromatic heterocycles. The molecule has 0 aliphatic carbocycles. The lowest BCUT2D eigenvalue weighted by molar-refractivity contribution is 0.312. The third-order valence-electron chi connectivity index (χ3n) is 0.204. The SMILES string of the molecule is C1CO1.O=NO. The molecule has 0 atom stereocenters. The molecule has 0 aromatic carbocycles. The summed E-state index contributed by atoms with van der Waals surface area (Å²) in [5.41, 5.74) is 0. The molecule has 1 N–H and O–H groups in total. The standard InChI is InChI=1S/C2H4O.HNO2/c1-2-3-1;2-1-3/h1-2H2;(H,2,3). The smallest absolute Gasteiger partial charge is 0.152 e. The Morgan fingerprint density at radius 2 is 1.83 bits per heavy atom. The molecule has 1 rings (SSSR count). The summed E-state index contributed by atoms with van der Waals surface area (Å²) in [4.78, 5) is 8.11. The number of nitrogens with zero attached hydrogens (tertiary/aromatic N) is 1. The highest BCUT2D eigenvalue weighted by Gasteiger charge is 1.94. The van der Waals surface area contributed by atoms with Crippen LogP contribution < -0.4 is 0 Å². The molecule has 0 spiro atoms. The summed E-state index contributed by atoms with van der Waals surface area (Å²) < 4.78 is 4.50. The van der Waals surface area contributed by atoms with Crippen molar-refractivity contribution in [2.24, 2.45) is 5.34 Å². The summed E-state index contributed by atoms with van der Waals surface area (Å²) >= 11 is 0. The summed E-state index contributed by atoms with van der Waals surface area (Å²) in [5, 5.41) is 7.89. The maximum atomic E-state index is 8.11. The van der Waals surface area contributed by atoms with Crippen LogP contribution in [0.2, 0.25) is 0 Å². The quantitative estimate of drug-likeness (QED) is 0.262. The van der Waals surface area contributed by atoms with E-state index in [4.69, 9.17) is 10.1 Å². The third kappa shape index (κ3) is 144. The lowest BCUT2D eigenvalue weighted by Gasteiger charge is -1.32. The van der Waals surface area contributed by atoms with Gasteiger partial charge in [0.15, 0.2) is 5.34 Å². The largest absolute Gasteiger partial charge is 0.379 e. The maximum absolute atomic E-state index is 8.11. The number of epoxide rings is 1. The van der Waals surface area contributed by atoms with E-state index in [1.54, 1.807) is 0 Å². The van der Waals surface area contributed by atoms with E-state index in [1.165, 1.54) is 5.34 Å². The zero-order valence-electron chi connectivity index (χ0n) is 3.13. The van der Waals surface area contributed by atoms with Crippen molar-refractivity contribution in [3.05, 3.63) is 4.91 Å². The Hall–Kier alpha value is -0.640. The summed E-state index contributed by atoms with van der Waals surface area (Å²) in [6.45, 7) is 2.00. The molecule has 0 amide bonds. The molecule has 1 heterocycles. The van der Waals surface area contributed by atoms with Gasteiger partial charge in [-0.3, -0.25) is 0 Å². The first-order chi connectivity index (χ1) is 2.91. The molecule has 1 aliphatic rings. The molecular weight excluding hydrogens is 86.0 g/mol. The van der Waals surface area contributed by atoms with E-state index in [0.29, 0.717) is 0 Å². The fourth-order valence-electron chi connectivity index (χ4n) is 0. The Bertz CT molecular complexity index is 33.0. The van der Waals surface area contributed by atoms with Crippen molar-refractivity contribution in [3.8, 4) is 0 Å². The van der Waals surface area contributed by atoms with E-state index in [0.717, 1.165) is 13.2 Å². The van der Waals surface area contributed by atoms with E-state index in [1.807, 2.05) is 0 Å².